The monoisotopic (exact) mass is 289 g/mol. The highest BCUT2D eigenvalue weighted by atomic mass is 32.1. The molecule has 3 N–H and O–H groups in total. The Kier molecular flexibility index (Phi) is 4.39. The molecule has 5 heteroatoms. The zero-order chi connectivity index (χ0) is 14.7. The molecule has 20 heavy (non-hydrogen) atoms. The van der Waals surface area contributed by atoms with Crippen LogP contribution in [0.4, 0.5) is 0 Å². The highest BCUT2D eigenvalue weighted by Gasteiger charge is 2.10. The molecule has 0 amide bonds. The van der Waals surface area contributed by atoms with Gasteiger partial charge in [-0.25, -0.2) is 4.98 Å². The number of nitrogen functional groups attached to an aromatic ring is 1. The maximum Gasteiger partial charge on any atom is 0.142 e. The van der Waals surface area contributed by atoms with E-state index < -0.39 is 0 Å². The summed E-state index contributed by atoms with van der Waals surface area (Å²) in [6.45, 7) is 6.75. The van der Waals surface area contributed by atoms with Crippen LogP contribution in [0.1, 0.15) is 41.6 Å². The second-order valence-corrected chi connectivity index (χ2v) is 5.97. The highest BCUT2D eigenvalue weighted by Crippen LogP contribution is 2.28. The van der Waals surface area contributed by atoms with Crippen molar-refractivity contribution in [2.45, 2.75) is 33.3 Å². The van der Waals surface area contributed by atoms with Crippen molar-refractivity contribution < 1.29 is 4.74 Å². The van der Waals surface area contributed by atoms with Crippen molar-refractivity contribution in [3.05, 3.63) is 45.4 Å². The highest BCUT2D eigenvalue weighted by molar-refractivity contribution is 7.09. The van der Waals surface area contributed by atoms with Crippen LogP contribution in [0.3, 0.4) is 0 Å². The molecule has 0 aliphatic rings. The Labute approximate surface area is 123 Å². The van der Waals surface area contributed by atoms with Gasteiger partial charge in [0.1, 0.15) is 28.9 Å². The zero-order valence-electron chi connectivity index (χ0n) is 11.9. The Balaban J connectivity index is 2.13. The number of aryl methyl sites for hydroxylation is 1. The van der Waals surface area contributed by atoms with E-state index in [1.54, 1.807) is 5.38 Å². The molecule has 1 aromatic heterocycles. The van der Waals surface area contributed by atoms with E-state index in [0.717, 1.165) is 10.8 Å². The van der Waals surface area contributed by atoms with E-state index in [-0.39, 0.29) is 5.84 Å². The molecular weight excluding hydrogens is 270 g/mol. The third kappa shape index (κ3) is 3.36. The normalized spacial score (nSPS) is 10.8. The molecule has 0 aliphatic heterocycles. The zero-order valence-corrected chi connectivity index (χ0v) is 12.8. The molecule has 1 heterocycles. The molecule has 2 aromatic rings. The fourth-order valence-electron chi connectivity index (χ4n) is 1.88. The summed E-state index contributed by atoms with van der Waals surface area (Å²) in [6.07, 6.45) is 0. The first kappa shape index (κ1) is 14.5. The van der Waals surface area contributed by atoms with Crippen molar-refractivity contribution in [3.8, 4) is 5.75 Å². The van der Waals surface area contributed by atoms with E-state index in [4.69, 9.17) is 15.9 Å². The summed E-state index contributed by atoms with van der Waals surface area (Å²) in [5.74, 6) is 1.31. The molecular formula is C15H19N3OS. The smallest absolute Gasteiger partial charge is 0.142 e. The van der Waals surface area contributed by atoms with Gasteiger partial charge in [-0.15, -0.1) is 11.3 Å². The molecule has 0 atom stereocenters. The Morgan fingerprint density at radius 2 is 2.20 bits per heavy atom. The summed E-state index contributed by atoms with van der Waals surface area (Å²) < 4.78 is 5.90. The predicted molar refractivity (Wildman–Crippen MR) is 82.7 cm³/mol. The molecule has 0 aliphatic carbocycles. The van der Waals surface area contributed by atoms with Gasteiger partial charge in [-0.3, -0.25) is 5.41 Å². The largest absolute Gasteiger partial charge is 0.486 e. The lowest BCUT2D eigenvalue weighted by molar-refractivity contribution is 0.301. The topological polar surface area (TPSA) is 72.0 Å². The van der Waals surface area contributed by atoms with Crippen LogP contribution in [-0.4, -0.2) is 10.8 Å². The third-order valence-electron chi connectivity index (χ3n) is 2.97. The van der Waals surface area contributed by atoms with E-state index in [1.165, 1.54) is 22.5 Å². The van der Waals surface area contributed by atoms with Gasteiger partial charge in [-0.2, -0.15) is 0 Å². The Hall–Kier alpha value is -1.88. The van der Waals surface area contributed by atoms with Gasteiger partial charge in [0.2, 0.25) is 0 Å². The van der Waals surface area contributed by atoms with Gasteiger partial charge < -0.3 is 10.5 Å². The number of thiazole rings is 1. The molecule has 4 nitrogen and oxygen atoms in total. The number of benzene rings is 1. The average molecular weight is 289 g/mol. The first-order valence-corrected chi connectivity index (χ1v) is 7.37. The second-order valence-electron chi connectivity index (χ2n) is 5.02. The molecule has 0 spiro atoms. The molecule has 106 valence electrons. The minimum absolute atomic E-state index is 0.00840. The van der Waals surface area contributed by atoms with Crippen molar-refractivity contribution in [3.63, 3.8) is 0 Å². The lowest BCUT2D eigenvalue weighted by Crippen LogP contribution is -2.11. The van der Waals surface area contributed by atoms with Crippen molar-refractivity contribution in [2.24, 2.45) is 5.73 Å². The number of rotatable bonds is 5. The molecule has 0 fully saturated rings. The summed E-state index contributed by atoms with van der Waals surface area (Å²) in [5.41, 5.74) is 8.29. The van der Waals surface area contributed by atoms with Crippen LogP contribution in [0.15, 0.2) is 23.6 Å². The first-order valence-electron chi connectivity index (χ1n) is 6.49. The lowest BCUT2D eigenvalue weighted by atomic mass is 10.0. The maximum atomic E-state index is 7.34. The second kappa shape index (κ2) is 6.05. The summed E-state index contributed by atoms with van der Waals surface area (Å²) >= 11 is 1.46. The number of nitrogens with one attached hydrogen (secondary N) is 1. The molecule has 0 radical (unpaired) electrons. The van der Waals surface area contributed by atoms with E-state index >= 15 is 0 Å². The first-order chi connectivity index (χ1) is 9.47. The van der Waals surface area contributed by atoms with Gasteiger partial charge in [0.15, 0.2) is 0 Å². The van der Waals surface area contributed by atoms with Gasteiger partial charge in [0.25, 0.3) is 0 Å². The molecule has 0 saturated carbocycles. The molecule has 0 unspecified atom stereocenters. The van der Waals surface area contributed by atoms with Gasteiger partial charge >= 0.3 is 0 Å². The van der Waals surface area contributed by atoms with E-state index in [0.29, 0.717) is 18.2 Å². The van der Waals surface area contributed by atoms with Gasteiger partial charge in [-0.05, 0) is 30.0 Å². The number of nitrogens with zero attached hydrogens (tertiary/aromatic N) is 1. The van der Waals surface area contributed by atoms with E-state index in [1.807, 2.05) is 6.92 Å². The molecule has 0 bridgehead atoms. The number of hydrogen-bond acceptors (Lipinski definition) is 4. The summed E-state index contributed by atoms with van der Waals surface area (Å²) in [6, 6.07) is 6.26. The lowest BCUT2D eigenvalue weighted by Gasteiger charge is -2.14. The van der Waals surface area contributed by atoms with Crippen LogP contribution in [0.5, 0.6) is 5.75 Å². The predicted octanol–water partition coefficient (Wildman–Crippen LogP) is 3.44. The van der Waals surface area contributed by atoms with Crippen LogP contribution >= 0.6 is 11.3 Å². The number of ether oxygens (including phenoxy) is 1. The molecule has 1 aromatic carbocycles. The minimum Gasteiger partial charge on any atom is -0.486 e. The summed E-state index contributed by atoms with van der Waals surface area (Å²) in [5, 5.41) is 9.95. The Bertz CT molecular complexity index is 619. The molecule has 2 rings (SSSR count). The van der Waals surface area contributed by atoms with Crippen LogP contribution < -0.4 is 10.5 Å². The third-order valence-corrected chi connectivity index (χ3v) is 3.79. The van der Waals surface area contributed by atoms with Crippen LogP contribution in [-0.2, 0) is 6.61 Å². The standard InChI is InChI=1S/C15H19N3OS/c1-9(2)11-5-4-10(3)6-13(11)19-7-14-18-12(8-20-14)15(16)17/h4-6,8-9H,7H2,1-3H3,(H3,16,17). The molecule has 0 saturated heterocycles. The van der Waals surface area contributed by atoms with Crippen molar-refractivity contribution in [1.29, 1.82) is 5.41 Å². The maximum absolute atomic E-state index is 7.34. The van der Waals surface area contributed by atoms with Crippen LogP contribution in [0.25, 0.3) is 0 Å². The van der Waals surface area contributed by atoms with Gasteiger partial charge in [0.05, 0.1) is 0 Å². The van der Waals surface area contributed by atoms with Crippen molar-refractivity contribution in [1.82, 2.24) is 4.98 Å². The van der Waals surface area contributed by atoms with Crippen molar-refractivity contribution in [2.75, 3.05) is 0 Å². The van der Waals surface area contributed by atoms with Crippen LogP contribution in [0.2, 0.25) is 0 Å². The number of hydrogen-bond donors (Lipinski definition) is 2. The SMILES string of the molecule is Cc1ccc(C(C)C)c(OCc2nc(C(=N)N)cs2)c1. The van der Waals surface area contributed by atoms with Crippen LogP contribution in [0, 0.1) is 12.3 Å². The minimum atomic E-state index is -0.00840. The quantitative estimate of drug-likeness (QED) is 0.654. The van der Waals surface area contributed by atoms with E-state index in [2.05, 4.69) is 37.0 Å². The van der Waals surface area contributed by atoms with Gasteiger partial charge in [0, 0.05) is 5.38 Å². The summed E-state index contributed by atoms with van der Waals surface area (Å²) in [4.78, 5) is 4.27. The Morgan fingerprint density at radius 3 is 2.80 bits per heavy atom. The fraction of sp³-hybridized carbons (Fsp3) is 0.333. The fourth-order valence-corrected chi connectivity index (χ4v) is 2.59. The van der Waals surface area contributed by atoms with E-state index in [9.17, 15) is 0 Å². The number of nitrogens with two attached hydrogens (primary N) is 1. The summed E-state index contributed by atoms with van der Waals surface area (Å²) in [7, 11) is 0. The van der Waals surface area contributed by atoms with Gasteiger partial charge in [-0.1, -0.05) is 26.0 Å². The van der Waals surface area contributed by atoms with Crippen molar-refractivity contribution >= 4 is 17.2 Å². The number of aromatic nitrogens is 1. The Morgan fingerprint density at radius 1 is 1.45 bits per heavy atom. The average Bonchev–Trinajstić information content (AvgIpc) is 2.85. The number of amidine groups is 1.